The molecule has 0 aliphatic heterocycles. The first kappa shape index (κ1) is 17.5. The standard InChI is InChI=1S/C20H20N2O4/c1-25-17-8-7-13(9-18(17)26-2)10-19(23)21-12-15-11-14-5-3-4-6-16(14)22-20(15)24/h3-9,11H,10,12H2,1-2H3,(H,21,23)(H,22,24). The number of rotatable bonds is 6. The summed E-state index contributed by atoms with van der Waals surface area (Å²) in [5.41, 5.74) is 1.89. The number of pyridine rings is 1. The highest BCUT2D eigenvalue weighted by Crippen LogP contribution is 2.27. The fourth-order valence-electron chi connectivity index (χ4n) is 2.76. The third-order valence-corrected chi connectivity index (χ3v) is 4.12. The van der Waals surface area contributed by atoms with Gasteiger partial charge in [-0.1, -0.05) is 24.3 Å². The summed E-state index contributed by atoms with van der Waals surface area (Å²) in [7, 11) is 3.11. The van der Waals surface area contributed by atoms with Crippen LogP contribution < -0.4 is 20.3 Å². The van der Waals surface area contributed by atoms with E-state index in [0.29, 0.717) is 17.1 Å². The Morgan fingerprint density at radius 3 is 2.58 bits per heavy atom. The molecule has 134 valence electrons. The van der Waals surface area contributed by atoms with E-state index in [0.717, 1.165) is 16.5 Å². The van der Waals surface area contributed by atoms with Crippen LogP contribution in [0.25, 0.3) is 10.9 Å². The van der Waals surface area contributed by atoms with Gasteiger partial charge in [0.25, 0.3) is 5.56 Å². The summed E-state index contributed by atoms with van der Waals surface area (Å²) in [6.07, 6.45) is 0.186. The van der Waals surface area contributed by atoms with E-state index in [2.05, 4.69) is 10.3 Å². The van der Waals surface area contributed by atoms with Crippen LogP contribution in [-0.4, -0.2) is 25.1 Å². The first-order valence-corrected chi connectivity index (χ1v) is 8.19. The van der Waals surface area contributed by atoms with Gasteiger partial charge in [-0.05, 0) is 35.2 Å². The number of hydrogen-bond acceptors (Lipinski definition) is 4. The molecule has 0 spiro atoms. The predicted octanol–water partition coefficient (Wildman–Crippen LogP) is 2.40. The molecule has 0 saturated heterocycles. The Bertz CT molecular complexity index is 995. The van der Waals surface area contributed by atoms with Gasteiger partial charge in [0.05, 0.1) is 20.6 Å². The van der Waals surface area contributed by atoms with E-state index in [4.69, 9.17) is 9.47 Å². The van der Waals surface area contributed by atoms with E-state index in [1.807, 2.05) is 30.3 Å². The van der Waals surface area contributed by atoms with Gasteiger partial charge in [0, 0.05) is 17.6 Å². The molecule has 0 aliphatic rings. The molecular weight excluding hydrogens is 332 g/mol. The van der Waals surface area contributed by atoms with E-state index >= 15 is 0 Å². The maximum atomic E-state index is 12.2. The molecule has 0 saturated carbocycles. The maximum absolute atomic E-state index is 12.2. The average Bonchev–Trinajstić information content (AvgIpc) is 2.66. The van der Waals surface area contributed by atoms with Gasteiger partial charge in [0.1, 0.15) is 0 Å². The van der Waals surface area contributed by atoms with Gasteiger partial charge in [-0.3, -0.25) is 9.59 Å². The number of carbonyl (C=O) groups is 1. The molecule has 26 heavy (non-hydrogen) atoms. The fourth-order valence-corrected chi connectivity index (χ4v) is 2.76. The summed E-state index contributed by atoms with van der Waals surface area (Å²) in [5.74, 6) is 1.01. The van der Waals surface area contributed by atoms with Crippen molar-refractivity contribution in [2.45, 2.75) is 13.0 Å². The number of ether oxygens (including phenoxy) is 2. The summed E-state index contributed by atoms with van der Waals surface area (Å²) in [6, 6.07) is 14.7. The van der Waals surface area contributed by atoms with Gasteiger partial charge in [-0.2, -0.15) is 0 Å². The largest absolute Gasteiger partial charge is 0.493 e. The topological polar surface area (TPSA) is 80.4 Å². The number of aromatic nitrogens is 1. The Kier molecular flexibility index (Phi) is 5.22. The quantitative estimate of drug-likeness (QED) is 0.714. The molecule has 1 heterocycles. The number of amides is 1. The van der Waals surface area contributed by atoms with Gasteiger partial charge in [0.2, 0.25) is 5.91 Å². The summed E-state index contributed by atoms with van der Waals surface area (Å²) in [4.78, 5) is 27.2. The Balaban J connectivity index is 1.68. The molecule has 0 bridgehead atoms. The third-order valence-electron chi connectivity index (χ3n) is 4.12. The molecule has 2 N–H and O–H groups in total. The lowest BCUT2D eigenvalue weighted by atomic mass is 10.1. The van der Waals surface area contributed by atoms with E-state index in [1.165, 1.54) is 0 Å². The Labute approximate surface area is 150 Å². The number of aromatic amines is 1. The van der Waals surface area contributed by atoms with Gasteiger partial charge in [0.15, 0.2) is 11.5 Å². The number of H-pyrrole nitrogens is 1. The summed E-state index contributed by atoms with van der Waals surface area (Å²) < 4.78 is 10.4. The molecular formula is C20H20N2O4. The number of methoxy groups -OCH3 is 2. The highest BCUT2D eigenvalue weighted by Gasteiger charge is 2.09. The molecule has 0 fully saturated rings. The smallest absolute Gasteiger partial charge is 0.253 e. The summed E-state index contributed by atoms with van der Waals surface area (Å²) in [6.45, 7) is 0.173. The molecule has 0 unspecified atom stereocenters. The lowest BCUT2D eigenvalue weighted by Gasteiger charge is -2.10. The highest BCUT2D eigenvalue weighted by atomic mass is 16.5. The monoisotopic (exact) mass is 352 g/mol. The Morgan fingerprint density at radius 2 is 1.81 bits per heavy atom. The van der Waals surface area contributed by atoms with Crippen LogP contribution in [0.15, 0.2) is 53.3 Å². The molecule has 6 nitrogen and oxygen atoms in total. The van der Waals surface area contributed by atoms with E-state index in [9.17, 15) is 9.59 Å². The molecule has 6 heteroatoms. The zero-order valence-electron chi connectivity index (χ0n) is 14.7. The number of fused-ring (bicyclic) bond motifs is 1. The maximum Gasteiger partial charge on any atom is 0.253 e. The fraction of sp³-hybridized carbons (Fsp3) is 0.200. The second-order valence-electron chi connectivity index (χ2n) is 5.85. The van der Waals surface area contributed by atoms with Crippen molar-refractivity contribution in [2.75, 3.05) is 14.2 Å². The van der Waals surface area contributed by atoms with Gasteiger partial charge in [-0.25, -0.2) is 0 Å². The van der Waals surface area contributed by atoms with Crippen LogP contribution in [0.1, 0.15) is 11.1 Å². The van der Waals surface area contributed by atoms with E-state index in [1.54, 1.807) is 32.4 Å². The van der Waals surface area contributed by atoms with Crippen LogP contribution in [0.4, 0.5) is 0 Å². The molecule has 0 aliphatic carbocycles. The van der Waals surface area contributed by atoms with Crippen LogP contribution in [0.3, 0.4) is 0 Å². The van der Waals surface area contributed by atoms with Crippen LogP contribution in [-0.2, 0) is 17.8 Å². The molecule has 2 aromatic carbocycles. The lowest BCUT2D eigenvalue weighted by Crippen LogP contribution is -2.28. The van der Waals surface area contributed by atoms with Crippen LogP contribution in [0.2, 0.25) is 0 Å². The first-order valence-electron chi connectivity index (χ1n) is 8.19. The zero-order chi connectivity index (χ0) is 18.5. The van der Waals surface area contributed by atoms with Gasteiger partial charge in [-0.15, -0.1) is 0 Å². The summed E-state index contributed by atoms with van der Waals surface area (Å²) >= 11 is 0. The number of benzene rings is 2. The van der Waals surface area contributed by atoms with Gasteiger partial charge >= 0.3 is 0 Å². The molecule has 3 aromatic rings. The number of para-hydroxylation sites is 1. The van der Waals surface area contributed by atoms with E-state index in [-0.39, 0.29) is 24.4 Å². The van der Waals surface area contributed by atoms with E-state index < -0.39 is 0 Å². The molecule has 3 rings (SSSR count). The zero-order valence-corrected chi connectivity index (χ0v) is 14.7. The van der Waals surface area contributed by atoms with Gasteiger partial charge < -0.3 is 19.8 Å². The van der Waals surface area contributed by atoms with Crippen molar-refractivity contribution >= 4 is 16.8 Å². The second kappa shape index (κ2) is 7.74. The first-order chi connectivity index (χ1) is 12.6. The second-order valence-corrected chi connectivity index (χ2v) is 5.85. The summed E-state index contributed by atoms with van der Waals surface area (Å²) in [5, 5.41) is 3.72. The molecule has 0 radical (unpaired) electrons. The molecule has 1 amide bonds. The normalized spacial score (nSPS) is 10.5. The number of nitrogens with one attached hydrogen (secondary N) is 2. The van der Waals surface area contributed by atoms with Crippen LogP contribution in [0.5, 0.6) is 11.5 Å². The van der Waals surface area contributed by atoms with Crippen molar-refractivity contribution in [1.82, 2.24) is 10.3 Å². The highest BCUT2D eigenvalue weighted by molar-refractivity contribution is 5.80. The van der Waals surface area contributed by atoms with Crippen molar-refractivity contribution in [3.05, 3.63) is 70.0 Å². The minimum absolute atomic E-state index is 0.173. The SMILES string of the molecule is COc1ccc(CC(=O)NCc2cc3ccccc3[nH]c2=O)cc1OC. The molecule has 0 atom stereocenters. The van der Waals surface area contributed by atoms with Crippen LogP contribution in [0, 0.1) is 0 Å². The van der Waals surface area contributed by atoms with Crippen molar-refractivity contribution < 1.29 is 14.3 Å². The number of hydrogen-bond donors (Lipinski definition) is 2. The Morgan fingerprint density at radius 1 is 1.04 bits per heavy atom. The van der Waals surface area contributed by atoms with Crippen molar-refractivity contribution in [3.63, 3.8) is 0 Å². The van der Waals surface area contributed by atoms with Crippen LogP contribution >= 0.6 is 0 Å². The third kappa shape index (κ3) is 3.85. The van der Waals surface area contributed by atoms with Crippen molar-refractivity contribution in [2.24, 2.45) is 0 Å². The Hall–Kier alpha value is -3.28. The minimum atomic E-state index is -0.199. The average molecular weight is 352 g/mol. The predicted molar refractivity (Wildman–Crippen MR) is 99.7 cm³/mol. The number of carbonyl (C=O) groups excluding carboxylic acids is 1. The van der Waals surface area contributed by atoms with Crippen molar-refractivity contribution in [3.8, 4) is 11.5 Å². The lowest BCUT2D eigenvalue weighted by molar-refractivity contribution is -0.120. The van der Waals surface area contributed by atoms with Crippen molar-refractivity contribution in [1.29, 1.82) is 0 Å². The molecule has 1 aromatic heterocycles. The minimum Gasteiger partial charge on any atom is -0.493 e.